The number of amides is 1. The van der Waals surface area contributed by atoms with Gasteiger partial charge in [-0.2, -0.15) is 0 Å². The maximum Gasteiger partial charge on any atom is 0.407 e. The molecule has 1 amide bonds. The number of alkyl carbamates (subject to hydrolysis) is 1. The monoisotopic (exact) mass is 463 g/mol. The second-order valence-corrected chi connectivity index (χ2v) is 9.02. The molecule has 0 fully saturated rings. The normalized spacial score (nSPS) is 15.1. The molecule has 0 saturated carbocycles. The number of nitrogens with one attached hydrogen (secondary N) is 2. The van der Waals surface area contributed by atoms with Gasteiger partial charge in [0.2, 0.25) is 0 Å². The van der Waals surface area contributed by atoms with Crippen molar-refractivity contribution in [3.8, 4) is 17.0 Å². The number of benzene rings is 3. The summed E-state index contributed by atoms with van der Waals surface area (Å²) in [7, 11) is 0. The number of carbonyl (C=O) groups is 1. The van der Waals surface area contributed by atoms with Gasteiger partial charge in [-0.15, -0.1) is 0 Å². The Morgan fingerprint density at radius 3 is 2.69 bits per heavy atom. The first-order valence-electron chi connectivity index (χ1n) is 11.8. The van der Waals surface area contributed by atoms with Gasteiger partial charge >= 0.3 is 6.09 Å². The zero-order valence-corrected chi connectivity index (χ0v) is 19.1. The standard InChI is InChI=1S/C29H25N3O3/c33-21-9-6-19(7-10-21)28-24-16-20(31-29(34)35-17-18-4-2-1-3-5-18)8-11-22(24)27-23-14-15-30-25(23)12-13-26(27)32-28/h1-7,9-10,12-15,20,32-33H,8,11,16-17H2,(H,31,34). The Bertz CT molecular complexity index is 1520. The van der Waals surface area contributed by atoms with Crippen molar-refractivity contribution in [3.05, 3.63) is 95.7 Å². The van der Waals surface area contributed by atoms with Crippen LogP contribution < -0.4 is 5.32 Å². The van der Waals surface area contributed by atoms with Crippen LogP contribution in [-0.2, 0) is 24.2 Å². The Morgan fingerprint density at radius 1 is 1.03 bits per heavy atom. The van der Waals surface area contributed by atoms with Crippen molar-refractivity contribution >= 4 is 27.9 Å². The zero-order valence-electron chi connectivity index (χ0n) is 19.1. The average molecular weight is 464 g/mol. The van der Waals surface area contributed by atoms with Crippen molar-refractivity contribution in [2.45, 2.75) is 31.9 Å². The summed E-state index contributed by atoms with van der Waals surface area (Å²) >= 11 is 0. The molecule has 0 saturated heterocycles. The van der Waals surface area contributed by atoms with Crippen LogP contribution >= 0.6 is 0 Å². The third kappa shape index (κ3) is 4.08. The van der Waals surface area contributed by atoms with E-state index in [1.54, 1.807) is 12.1 Å². The Kier molecular flexibility index (Phi) is 5.34. The summed E-state index contributed by atoms with van der Waals surface area (Å²) in [6.07, 6.45) is 3.79. The molecule has 3 N–H and O–H groups in total. The number of carbonyl (C=O) groups excluding carboxylic acids is 1. The van der Waals surface area contributed by atoms with E-state index in [9.17, 15) is 9.90 Å². The maximum atomic E-state index is 12.6. The van der Waals surface area contributed by atoms with Crippen LogP contribution in [0.4, 0.5) is 4.79 Å². The van der Waals surface area contributed by atoms with Gasteiger partial charge in [0.25, 0.3) is 0 Å². The molecule has 6 rings (SSSR count). The number of phenols is 1. The number of hydrogen-bond acceptors (Lipinski definition) is 4. The van der Waals surface area contributed by atoms with Gasteiger partial charge in [-0.3, -0.25) is 4.98 Å². The molecule has 2 aromatic heterocycles. The van der Waals surface area contributed by atoms with Gasteiger partial charge in [-0.05, 0) is 84.0 Å². The Hall–Kier alpha value is -4.32. The average Bonchev–Trinajstić information content (AvgIpc) is 3.37. The van der Waals surface area contributed by atoms with E-state index in [2.05, 4.69) is 27.4 Å². The first-order valence-corrected chi connectivity index (χ1v) is 11.8. The highest BCUT2D eigenvalue weighted by molar-refractivity contribution is 6.08. The van der Waals surface area contributed by atoms with E-state index in [0.717, 1.165) is 46.1 Å². The second-order valence-electron chi connectivity index (χ2n) is 9.02. The smallest absolute Gasteiger partial charge is 0.407 e. The molecule has 1 atom stereocenters. The summed E-state index contributed by atoms with van der Waals surface area (Å²) in [6.45, 7) is 0.245. The number of ether oxygens (including phenoxy) is 1. The molecule has 1 aliphatic rings. The summed E-state index contributed by atoms with van der Waals surface area (Å²) < 4.78 is 5.47. The molecule has 174 valence electrons. The van der Waals surface area contributed by atoms with Crippen LogP contribution in [0.1, 0.15) is 23.1 Å². The number of rotatable bonds is 4. The number of fused-ring (bicyclic) bond motifs is 5. The minimum atomic E-state index is -0.402. The number of nitrogens with zero attached hydrogens (tertiary/aromatic N) is 1. The minimum Gasteiger partial charge on any atom is -0.508 e. The van der Waals surface area contributed by atoms with Crippen LogP contribution in [0.2, 0.25) is 0 Å². The topological polar surface area (TPSA) is 87.2 Å². The van der Waals surface area contributed by atoms with E-state index in [1.165, 1.54) is 16.5 Å². The molecule has 5 aromatic rings. The van der Waals surface area contributed by atoms with Crippen molar-refractivity contribution < 1.29 is 14.6 Å². The maximum absolute atomic E-state index is 12.6. The second kappa shape index (κ2) is 8.80. The molecule has 0 aliphatic heterocycles. The highest BCUT2D eigenvalue weighted by Crippen LogP contribution is 2.38. The predicted octanol–water partition coefficient (Wildman–Crippen LogP) is 5.87. The zero-order chi connectivity index (χ0) is 23.8. The van der Waals surface area contributed by atoms with Gasteiger partial charge in [0.05, 0.1) is 5.52 Å². The van der Waals surface area contributed by atoms with E-state index >= 15 is 0 Å². The predicted molar refractivity (Wildman–Crippen MR) is 136 cm³/mol. The fourth-order valence-corrected chi connectivity index (χ4v) is 5.12. The van der Waals surface area contributed by atoms with Gasteiger partial charge in [-0.1, -0.05) is 30.3 Å². The highest BCUT2D eigenvalue weighted by Gasteiger charge is 2.26. The third-order valence-corrected chi connectivity index (χ3v) is 6.79. The lowest BCUT2D eigenvalue weighted by Crippen LogP contribution is -2.39. The molecule has 6 nitrogen and oxygen atoms in total. The molecule has 1 aliphatic carbocycles. The minimum absolute atomic E-state index is 0.0375. The molecule has 0 radical (unpaired) electrons. The van der Waals surface area contributed by atoms with E-state index < -0.39 is 6.09 Å². The quantitative estimate of drug-likeness (QED) is 0.311. The molecular formula is C29H25N3O3. The molecule has 3 aromatic carbocycles. The van der Waals surface area contributed by atoms with Crippen LogP contribution in [0.25, 0.3) is 33.1 Å². The fourth-order valence-electron chi connectivity index (χ4n) is 5.12. The molecular weight excluding hydrogens is 438 g/mol. The van der Waals surface area contributed by atoms with Crippen molar-refractivity contribution in [2.24, 2.45) is 0 Å². The summed E-state index contributed by atoms with van der Waals surface area (Å²) in [5, 5.41) is 15.2. The first kappa shape index (κ1) is 21.2. The number of phenolic OH excluding ortho intramolecular Hbond substituents is 1. The van der Waals surface area contributed by atoms with Gasteiger partial charge in [0, 0.05) is 34.2 Å². The lowest BCUT2D eigenvalue weighted by atomic mass is 9.83. The number of aryl methyl sites for hydroxylation is 1. The largest absolute Gasteiger partial charge is 0.508 e. The number of H-pyrrole nitrogens is 1. The van der Waals surface area contributed by atoms with Crippen molar-refractivity contribution in [1.82, 2.24) is 15.3 Å². The van der Waals surface area contributed by atoms with Crippen LogP contribution in [0.15, 0.2) is 79.0 Å². The summed E-state index contributed by atoms with van der Waals surface area (Å²) in [5.74, 6) is 0.230. The number of aromatic amines is 1. The lowest BCUT2D eigenvalue weighted by Gasteiger charge is -2.29. The Balaban J connectivity index is 1.34. The van der Waals surface area contributed by atoms with Crippen LogP contribution in [0, 0.1) is 0 Å². The number of aromatic hydroxyl groups is 1. The van der Waals surface area contributed by atoms with E-state index in [0.29, 0.717) is 6.42 Å². The summed E-state index contributed by atoms with van der Waals surface area (Å²) in [4.78, 5) is 20.7. The highest BCUT2D eigenvalue weighted by atomic mass is 16.5. The molecule has 35 heavy (non-hydrogen) atoms. The van der Waals surface area contributed by atoms with E-state index in [4.69, 9.17) is 4.74 Å². The number of aromatic nitrogens is 2. The van der Waals surface area contributed by atoms with Gasteiger partial charge in [0.1, 0.15) is 12.4 Å². The van der Waals surface area contributed by atoms with Crippen molar-refractivity contribution in [1.29, 1.82) is 0 Å². The molecule has 6 heteroatoms. The number of pyridine rings is 1. The van der Waals surface area contributed by atoms with E-state index in [1.807, 2.05) is 54.7 Å². The molecule has 0 bridgehead atoms. The van der Waals surface area contributed by atoms with Crippen molar-refractivity contribution in [3.63, 3.8) is 0 Å². The van der Waals surface area contributed by atoms with Crippen LogP contribution in [0.5, 0.6) is 5.75 Å². The SMILES string of the molecule is O=C(NC1CCc2c(c(-c3ccc(O)cc3)[nH]c3ccc4nccc4c23)C1)OCc1ccccc1. The van der Waals surface area contributed by atoms with Gasteiger partial charge in [0.15, 0.2) is 0 Å². The van der Waals surface area contributed by atoms with Crippen molar-refractivity contribution in [2.75, 3.05) is 0 Å². The molecule has 2 heterocycles. The first-order chi connectivity index (χ1) is 17.2. The van der Waals surface area contributed by atoms with Gasteiger partial charge in [-0.25, -0.2) is 4.79 Å². The van der Waals surface area contributed by atoms with Crippen LogP contribution in [0.3, 0.4) is 0 Å². The fraction of sp³-hybridized carbons (Fsp3) is 0.172. The molecule has 1 unspecified atom stereocenters. The van der Waals surface area contributed by atoms with Gasteiger partial charge < -0.3 is 20.1 Å². The molecule has 0 spiro atoms. The van der Waals surface area contributed by atoms with Crippen LogP contribution in [-0.4, -0.2) is 27.2 Å². The van der Waals surface area contributed by atoms with E-state index in [-0.39, 0.29) is 18.4 Å². The Morgan fingerprint density at radius 2 is 1.86 bits per heavy atom. The third-order valence-electron chi connectivity index (χ3n) is 6.79. The summed E-state index contributed by atoms with van der Waals surface area (Å²) in [5.41, 5.74) is 7.47. The number of hydrogen-bond donors (Lipinski definition) is 3. The summed E-state index contributed by atoms with van der Waals surface area (Å²) in [6, 6.07) is 23.1. The Labute approximate surface area is 202 Å². The lowest BCUT2D eigenvalue weighted by molar-refractivity contribution is 0.134.